The molecular weight excluding hydrogens is 377 g/mol. The van der Waals surface area contributed by atoms with E-state index in [0.29, 0.717) is 19.4 Å². The number of ether oxygens (including phenoxy) is 1. The molecule has 1 aromatic carbocycles. The molecule has 0 saturated carbocycles. The van der Waals surface area contributed by atoms with Gasteiger partial charge in [0.2, 0.25) is 5.91 Å². The standard InChI is InChI=1S/C19H21F3N2O4/c1-2-10-27-15-8-7-13(19(20,21)22)12-14(15)24-17(25)6-3-9-23-18(26)16-5-4-11-28-16/h4-5,7-8,11-12H,2-3,6,9-10H2,1H3,(H,23,26)(H,24,25). The van der Waals surface area contributed by atoms with E-state index in [9.17, 15) is 22.8 Å². The van der Waals surface area contributed by atoms with E-state index < -0.39 is 23.6 Å². The molecule has 152 valence electrons. The van der Waals surface area contributed by atoms with Crippen molar-refractivity contribution in [3.8, 4) is 5.75 Å². The second-order valence-electron chi connectivity index (χ2n) is 5.94. The molecule has 0 unspecified atom stereocenters. The van der Waals surface area contributed by atoms with Crippen molar-refractivity contribution in [1.82, 2.24) is 5.32 Å². The molecule has 2 aromatic rings. The van der Waals surface area contributed by atoms with Crippen molar-refractivity contribution in [2.45, 2.75) is 32.4 Å². The fraction of sp³-hybridized carbons (Fsp3) is 0.368. The number of hydrogen-bond donors (Lipinski definition) is 2. The minimum absolute atomic E-state index is 0.0158. The lowest BCUT2D eigenvalue weighted by Gasteiger charge is -2.15. The van der Waals surface area contributed by atoms with E-state index in [2.05, 4.69) is 10.6 Å². The van der Waals surface area contributed by atoms with Crippen LogP contribution in [0.15, 0.2) is 41.0 Å². The van der Waals surface area contributed by atoms with Crippen molar-refractivity contribution >= 4 is 17.5 Å². The third kappa shape index (κ3) is 6.33. The van der Waals surface area contributed by atoms with Crippen LogP contribution in [0.1, 0.15) is 42.3 Å². The van der Waals surface area contributed by atoms with Crippen LogP contribution in [0.3, 0.4) is 0 Å². The van der Waals surface area contributed by atoms with Crippen LogP contribution in [0.25, 0.3) is 0 Å². The van der Waals surface area contributed by atoms with Gasteiger partial charge < -0.3 is 19.8 Å². The molecule has 1 heterocycles. The highest BCUT2D eigenvalue weighted by molar-refractivity contribution is 5.93. The third-order valence-corrected chi connectivity index (χ3v) is 3.65. The Morgan fingerprint density at radius 3 is 2.64 bits per heavy atom. The number of benzene rings is 1. The minimum atomic E-state index is -4.53. The maximum atomic E-state index is 12.9. The van der Waals surface area contributed by atoms with E-state index in [4.69, 9.17) is 9.15 Å². The molecule has 2 rings (SSSR count). The summed E-state index contributed by atoms with van der Waals surface area (Å²) in [6.07, 6.45) is -2.16. The Bertz CT molecular complexity index is 789. The normalized spacial score (nSPS) is 11.1. The quantitative estimate of drug-likeness (QED) is 0.620. The SMILES string of the molecule is CCCOc1ccc(C(F)(F)F)cc1NC(=O)CCCNC(=O)c1ccco1. The number of furan rings is 1. The van der Waals surface area contributed by atoms with Crippen LogP contribution < -0.4 is 15.4 Å². The van der Waals surface area contributed by atoms with Gasteiger partial charge in [0.15, 0.2) is 5.76 Å². The molecule has 9 heteroatoms. The first kappa shape index (κ1) is 21.3. The van der Waals surface area contributed by atoms with Crippen LogP contribution in [0, 0.1) is 0 Å². The lowest BCUT2D eigenvalue weighted by molar-refractivity contribution is -0.137. The number of carbonyl (C=O) groups excluding carboxylic acids is 2. The van der Waals surface area contributed by atoms with Crippen molar-refractivity contribution in [1.29, 1.82) is 0 Å². The molecule has 0 atom stereocenters. The van der Waals surface area contributed by atoms with Crippen molar-refractivity contribution in [3.63, 3.8) is 0 Å². The lowest BCUT2D eigenvalue weighted by atomic mass is 10.1. The number of rotatable bonds is 9. The number of alkyl halides is 3. The Morgan fingerprint density at radius 1 is 1.21 bits per heavy atom. The summed E-state index contributed by atoms with van der Waals surface area (Å²) in [5.74, 6) is -0.549. The fourth-order valence-electron chi connectivity index (χ4n) is 2.30. The van der Waals surface area contributed by atoms with Crippen LogP contribution >= 0.6 is 0 Å². The van der Waals surface area contributed by atoms with Crippen LogP contribution in [0.2, 0.25) is 0 Å². The van der Waals surface area contributed by atoms with Gasteiger partial charge in [-0.15, -0.1) is 0 Å². The van der Waals surface area contributed by atoms with Gasteiger partial charge in [-0.3, -0.25) is 9.59 Å². The molecule has 2 N–H and O–H groups in total. The number of hydrogen-bond acceptors (Lipinski definition) is 4. The van der Waals surface area contributed by atoms with Gasteiger partial charge in [0.05, 0.1) is 24.1 Å². The van der Waals surface area contributed by atoms with E-state index in [0.717, 1.165) is 12.1 Å². The van der Waals surface area contributed by atoms with Crippen LogP contribution in [0.4, 0.5) is 18.9 Å². The Labute approximate surface area is 160 Å². The molecule has 0 bridgehead atoms. The molecule has 1 aromatic heterocycles. The number of halogens is 3. The largest absolute Gasteiger partial charge is 0.491 e. The zero-order valence-electron chi connectivity index (χ0n) is 15.3. The zero-order valence-corrected chi connectivity index (χ0v) is 15.3. The Balaban J connectivity index is 1.91. The average Bonchev–Trinajstić information content (AvgIpc) is 3.18. The monoisotopic (exact) mass is 398 g/mol. The molecule has 28 heavy (non-hydrogen) atoms. The van der Waals surface area contributed by atoms with Gasteiger partial charge in [0, 0.05) is 13.0 Å². The summed E-state index contributed by atoms with van der Waals surface area (Å²) < 4.78 is 49.1. The van der Waals surface area contributed by atoms with Crippen LogP contribution in [-0.4, -0.2) is 25.0 Å². The highest BCUT2D eigenvalue weighted by atomic mass is 19.4. The maximum absolute atomic E-state index is 12.9. The summed E-state index contributed by atoms with van der Waals surface area (Å²) in [6, 6.07) is 6.03. The van der Waals surface area contributed by atoms with E-state index >= 15 is 0 Å². The van der Waals surface area contributed by atoms with Gasteiger partial charge in [-0.25, -0.2) is 0 Å². The van der Waals surface area contributed by atoms with Crippen molar-refractivity contribution in [3.05, 3.63) is 47.9 Å². The van der Waals surface area contributed by atoms with Crippen molar-refractivity contribution < 1.29 is 31.9 Å². The van der Waals surface area contributed by atoms with E-state index in [1.807, 2.05) is 6.92 Å². The minimum Gasteiger partial charge on any atom is -0.491 e. The Morgan fingerprint density at radius 2 is 2.00 bits per heavy atom. The van der Waals surface area contributed by atoms with Gasteiger partial charge >= 0.3 is 6.18 Å². The first-order chi connectivity index (χ1) is 13.3. The summed E-state index contributed by atoms with van der Waals surface area (Å²) in [6.45, 7) is 2.39. The lowest BCUT2D eigenvalue weighted by Crippen LogP contribution is -2.25. The Hall–Kier alpha value is -2.97. The van der Waals surface area contributed by atoms with Gasteiger partial charge in [-0.2, -0.15) is 13.2 Å². The predicted octanol–water partition coefficient (Wildman–Crippen LogP) is 4.24. The smallest absolute Gasteiger partial charge is 0.416 e. The Kier molecular flexibility index (Phi) is 7.48. The van der Waals surface area contributed by atoms with E-state index in [-0.39, 0.29) is 30.2 Å². The number of nitrogens with one attached hydrogen (secondary N) is 2. The maximum Gasteiger partial charge on any atom is 0.416 e. The second kappa shape index (κ2) is 9.82. The summed E-state index contributed by atoms with van der Waals surface area (Å²) in [5.41, 5.74) is -0.912. The molecule has 0 saturated heterocycles. The molecule has 0 fully saturated rings. The van der Waals surface area contributed by atoms with Gasteiger partial charge in [0.25, 0.3) is 5.91 Å². The first-order valence-electron chi connectivity index (χ1n) is 8.77. The fourth-order valence-corrected chi connectivity index (χ4v) is 2.30. The number of anilines is 1. The summed E-state index contributed by atoms with van der Waals surface area (Å²) >= 11 is 0. The molecule has 0 aliphatic heterocycles. The molecule has 6 nitrogen and oxygen atoms in total. The molecule has 0 aliphatic rings. The van der Waals surface area contributed by atoms with E-state index in [1.54, 1.807) is 6.07 Å². The van der Waals surface area contributed by atoms with E-state index in [1.165, 1.54) is 18.4 Å². The van der Waals surface area contributed by atoms with Gasteiger partial charge in [-0.1, -0.05) is 6.92 Å². The summed E-state index contributed by atoms with van der Waals surface area (Å²) in [4.78, 5) is 23.8. The summed E-state index contributed by atoms with van der Waals surface area (Å²) in [7, 11) is 0. The van der Waals surface area contributed by atoms with Gasteiger partial charge in [-0.05, 0) is 43.2 Å². The highest BCUT2D eigenvalue weighted by Crippen LogP contribution is 2.35. The number of carbonyl (C=O) groups is 2. The first-order valence-corrected chi connectivity index (χ1v) is 8.77. The average molecular weight is 398 g/mol. The summed E-state index contributed by atoms with van der Waals surface area (Å²) in [5, 5.41) is 5.04. The van der Waals surface area contributed by atoms with Crippen molar-refractivity contribution in [2.24, 2.45) is 0 Å². The third-order valence-electron chi connectivity index (χ3n) is 3.65. The molecule has 0 aliphatic carbocycles. The topological polar surface area (TPSA) is 80.6 Å². The van der Waals surface area contributed by atoms with Crippen LogP contribution in [0.5, 0.6) is 5.75 Å². The molecule has 2 amide bonds. The zero-order chi connectivity index (χ0) is 20.6. The van der Waals surface area contributed by atoms with Gasteiger partial charge in [0.1, 0.15) is 5.75 Å². The molecule has 0 spiro atoms. The second-order valence-corrected chi connectivity index (χ2v) is 5.94. The molecule has 0 radical (unpaired) electrons. The highest BCUT2D eigenvalue weighted by Gasteiger charge is 2.31. The number of amides is 2. The predicted molar refractivity (Wildman–Crippen MR) is 96.1 cm³/mol. The molecular formula is C19H21F3N2O4. The van der Waals surface area contributed by atoms with Crippen molar-refractivity contribution in [2.75, 3.05) is 18.5 Å². The van der Waals surface area contributed by atoms with Crippen LogP contribution in [-0.2, 0) is 11.0 Å².